The summed E-state index contributed by atoms with van der Waals surface area (Å²) in [5.41, 5.74) is 5.09. The summed E-state index contributed by atoms with van der Waals surface area (Å²) in [6.45, 7) is 18.7. The fourth-order valence-electron chi connectivity index (χ4n) is 3.25. The molecule has 0 spiro atoms. The van der Waals surface area contributed by atoms with Gasteiger partial charge in [0.15, 0.2) is 0 Å². The van der Waals surface area contributed by atoms with E-state index in [4.69, 9.17) is 4.74 Å². The molecule has 3 unspecified atom stereocenters. The second-order valence-electron chi connectivity index (χ2n) is 6.38. The molecule has 0 bridgehead atoms. The molecule has 1 saturated heterocycles. The molecule has 2 aliphatic rings. The van der Waals surface area contributed by atoms with Crippen LogP contribution in [0.15, 0.2) is 59.9 Å². The third kappa shape index (κ3) is 3.44. The van der Waals surface area contributed by atoms with E-state index in [2.05, 4.69) is 57.9 Å². The largest absolute Gasteiger partial charge is 0.372 e. The van der Waals surface area contributed by atoms with Gasteiger partial charge in [0.1, 0.15) is 0 Å². The molecule has 1 aliphatic carbocycles. The van der Waals surface area contributed by atoms with Crippen molar-refractivity contribution in [1.29, 1.82) is 0 Å². The van der Waals surface area contributed by atoms with Gasteiger partial charge in [-0.05, 0) is 31.4 Å². The third-order valence-electron chi connectivity index (χ3n) is 4.64. The summed E-state index contributed by atoms with van der Waals surface area (Å²) in [5, 5.41) is 0. The van der Waals surface area contributed by atoms with Crippen molar-refractivity contribution >= 4 is 0 Å². The number of hydrogen-bond acceptors (Lipinski definition) is 2. The van der Waals surface area contributed by atoms with Gasteiger partial charge in [0, 0.05) is 30.3 Å². The zero-order valence-electron chi connectivity index (χ0n) is 14.4. The molecular formula is C20H29NO. The van der Waals surface area contributed by atoms with Crippen molar-refractivity contribution in [3.05, 3.63) is 59.9 Å². The fourth-order valence-corrected chi connectivity index (χ4v) is 3.25. The van der Waals surface area contributed by atoms with Gasteiger partial charge >= 0.3 is 0 Å². The van der Waals surface area contributed by atoms with Crippen LogP contribution in [-0.4, -0.2) is 30.2 Å². The Morgan fingerprint density at radius 2 is 2.09 bits per heavy atom. The van der Waals surface area contributed by atoms with Crippen LogP contribution in [0, 0.1) is 5.92 Å². The van der Waals surface area contributed by atoms with Gasteiger partial charge in [0.05, 0.1) is 12.2 Å². The van der Waals surface area contributed by atoms with Crippen molar-refractivity contribution in [2.75, 3.05) is 13.1 Å². The van der Waals surface area contributed by atoms with Crippen LogP contribution in [0.3, 0.4) is 0 Å². The van der Waals surface area contributed by atoms with E-state index >= 15 is 0 Å². The summed E-state index contributed by atoms with van der Waals surface area (Å²) >= 11 is 0. The SMILES string of the molecule is C=C/C=C\C1=C(C)C(=C)C(C)C=C1N1CC(C)OC(CC)C1. The molecule has 2 heteroatoms. The van der Waals surface area contributed by atoms with Crippen LogP contribution in [0.25, 0.3) is 0 Å². The third-order valence-corrected chi connectivity index (χ3v) is 4.64. The van der Waals surface area contributed by atoms with Crippen molar-refractivity contribution < 1.29 is 4.74 Å². The van der Waals surface area contributed by atoms with E-state index in [-0.39, 0.29) is 6.10 Å². The molecule has 120 valence electrons. The van der Waals surface area contributed by atoms with Gasteiger partial charge in [-0.25, -0.2) is 0 Å². The van der Waals surface area contributed by atoms with E-state index in [0.717, 1.165) is 19.5 Å². The normalized spacial score (nSPS) is 30.0. The predicted molar refractivity (Wildman–Crippen MR) is 94.6 cm³/mol. The zero-order chi connectivity index (χ0) is 16.3. The number of ether oxygens (including phenoxy) is 1. The molecule has 0 saturated carbocycles. The highest BCUT2D eigenvalue weighted by atomic mass is 16.5. The summed E-state index contributed by atoms with van der Waals surface area (Å²) < 4.78 is 6.01. The standard InChI is InChI=1S/C20H29NO/c1-7-9-10-19-17(6)16(5)14(3)11-20(19)21-12-15(4)22-18(8-2)13-21/h7,9-11,14-15,18H,1,5,8,12-13H2,2-4,6H3/b10-9-. The highest BCUT2D eigenvalue weighted by molar-refractivity contribution is 5.54. The van der Waals surface area contributed by atoms with E-state index in [9.17, 15) is 0 Å². The van der Waals surface area contributed by atoms with Crippen LogP contribution >= 0.6 is 0 Å². The smallest absolute Gasteiger partial charge is 0.0751 e. The number of rotatable bonds is 4. The minimum Gasteiger partial charge on any atom is -0.372 e. The summed E-state index contributed by atoms with van der Waals surface area (Å²) in [4.78, 5) is 2.48. The Labute approximate surface area is 135 Å². The summed E-state index contributed by atoms with van der Waals surface area (Å²) in [7, 11) is 0. The summed E-state index contributed by atoms with van der Waals surface area (Å²) in [5.74, 6) is 0.383. The maximum Gasteiger partial charge on any atom is 0.0751 e. The van der Waals surface area contributed by atoms with E-state index in [1.54, 1.807) is 0 Å². The second-order valence-corrected chi connectivity index (χ2v) is 6.38. The molecule has 3 atom stereocenters. The van der Waals surface area contributed by atoms with Crippen molar-refractivity contribution in [1.82, 2.24) is 4.90 Å². The topological polar surface area (TPSA) is 12.5 Å². The Bertz CT molecular complexity index is 538. The van der Waals surface area contributed by atoms with Gasteiger partial charge in [-0.15, -0.1) is 0 Å². The molecule has 0 N–H and O–H groups in total. The van der Waals surface area contributed by atoms with Gasteiger partial charge in [0.25, 0.3) is 0 Å². The van der Waals surface area contributed by atoms with Crippen LogP contribution in [-0.2, 0) is 4.74 Å². The summed E-state index contributed by atoms with van der Waals surface area (Å²) in [6.07, 6.45) is 9.98. The molecule has 1 aliphatic heterocycles. The first-order chi connectivity index (χ1) is 10.5. The van der Waals surface area contributed by atoms with E-state index < -0.39 is 0 Å². The Kier molecular flexibility index (Phi) is 5.47. The van der Waals surface area contributed by atoms with Gasteiger partial charge in [0.2, 0.25) is 0 Å². The molecule has 22 heavy (non-hydrogen) atoms. The lowest BCUT2D eigenvalue weighted by Gasteiger charge is -2.41. The molecule has 1 fully saturated rings. The van der Waals surface area contributed by atoms with Crippen molar-refractivity contribution in [3.8, 4) is 0 Å². The van der Waals surface area contributed by atoms with E-state index in [1.165, 1.54) is 22.4 Å². The number of nitrogens with zero attached hydrogens (tertiary/aromatic N) is 1. The molecule has 0 aromatic heterocycles. The number of morpholine rings is 1. The minimum atomic E-state index is 0.268. The maximum atomic E-state index is 6.01. The van der Waals surface area contributed by atoms with Gasteiger partial charge in [-0.3, -0.25) is 0 Å². The fraction of sp³-hybridized carbons (Fsp3) is 0.500. The van der Waals surface area contributed by atoms with Gasteiger partial charge in [-0.2, -0.15) is 0 Å². The Morgan fingerprint density at radius 3 is 2.73 bits per heavy atom. The first kappa shape index (κ1) is 16.8. The first-order valence-corrected chi connectivity index (χ1v) is 8.29. The second kappa shape index (κ2) is 7.15. The van der Waals surface area contributed by atoms with Crippen LogP contribution in [0.5, 0.6) is 0 Å². The van der Waals surface area contributed by atoms with Crippen molar-refractivity contribution in [2.24, 2.45) is 5.92 Å². The van der Waals surface area contributed by atoms with Crippen molar-refractivity contribution in [2.45, 2.75) is 46.3 Å². The molecule has 0 radical (unpaired) electrons. The molecule has 0 aromatic carbocycles. The minimum absolute atomic E-state index is 0.268. The zero-order valence-corrected chi connectivity index (χ0v) is 14.4. The molecule has 2 rings (SSSR count). The van der Waals surface area contributed by atoms with Gasteiger partial charge in [-0.1, -0.05) is 51.3 Å². The van der Waals surface area contributed by atoms with Gasteiger partial charge < -0.3 is 9.64 Å². The number of allylic oxidation sites excluding steroid dienone is 6. The molecule has 1 heterocycles. The monoisotopic (exact) mass is 299 g/mol. The Morgan fingerprint density at radius 1 is 1.36 bits per heavy atom. The molecule has 0 aromatic rings. The molecular weight excluding hydrogens is 270 g/mol. The van der Waals surface area contributed by atoms with Crippen LogP contribution in [0.2, 0.25) is 0 Å². The average molecular weight is 299 g/mol. The van der Waals surface area contributed by atoms with E-state index in [0.29, 0.717) is 12.0 Å². The first-order valence-electron chi connectivity index (χ1n) is 8.29. The average Bonchev–Trinajstić information content (AvgIpc) is 2.50. The van der Waals surface area contributed by atoms with Crippen LogP contribution < -0.4 is 0 Å². The molecule has 2 nitrogen and oxygen atoms in total. The maximum absolute atomic E-state index is 6.01. The highest BCUT2D eigenvalue weighted by Crippen LogP contribution is 2.35. The lowest BCUT2D eigenvalue weighted by atomic mass is 9.84. The quantitative estimate of drug-likeness (QED) is 0.702. The lowest BCUT2D eigenvalue weighted by Crippen LogP contribution is -2.46. The van der Waals surface area contributed by atoms with Crippen LogP contribution in [0.1, 0.15) is 34.1 Å². The Hall–Kier alpha value is -1.54. The van der Waals surface area contributed by atoms with Crippen LogP contribution in [0.4, 0.5) is 0 Å². The predicted octanol–water partition coefficient (Wildman–Crippen LogP) is 4.63. The van der Waals surface area contributed by atoms with E-state index in [1.807, 2.05) is 12.2 Å². The Balaban J connectivity index is 2.37. The number of hydrogen-bond donors (Lipinski definition) is 0. The highest BCUT2D eigenvalue weighted by Gasteiger charge is 2.29. The molecule has 0 amide bonds. The summed E-state index contributed by atoms with van der Waals surface area (Å²) in [6, 6.07) is 0. The lowest BCUT2D eigenvalue weighted by molar-refractivity contribution is -0.0674. The van der Waals surface area contributed by atoms with Crippen molar-refractivity contribution in [3.63, 3.8) is 0 Å².